The first-order valence-electron chi connectivity index (χ1n) is 10.7. The minimum absolute atomic E-state index is 0.0756. The lowest BCUT2D eigenvalue weighted by molar-refractivity contribution is 0.0706. The maximum Gasteiger partial charge on any atom is 0.253 e. The maximum atomic E-state index is 13.1. The SMILES string of the molecule is COCCNS(=O)(=O)c1cc(C(=O)N2CCC(c3nc4ccccc4o3)CC2)ccc1OC. The number of fused-ring (bicyclic) bond motifs is 1. The first-order valence-corrected chi connectivity index (χ1v) is 12.2. The quantitative estimate of drug-likeness (QED) is 0.501. The second-order valence-corrected chi connectivity index (χ2v) is 9.58. The minimum atomic E-state index is -3.87. The fraction of sp³-hybridized carbons (Fsp3) is 0.391. The van der Waals surface area contributed by atoms with Gasteiger partial charge in [0.2, 0.25) is 10.0 Å². The van der Waals surface area contributed by atoms with Crippen molar-refractivity contribution in [3.63, 3.8) is 0 Å². The van der Waals surface area contributed by atoms with Gasteiger partial charge in [-0.2, -0.15) is 0 Å². The molecule has 1 saturated heterocycles. The van der Waals surface area contributed by atoms with Gasteiger partial charge in [0.1, 0.15) is 16.2 Å². The molecule has 176 valence electrons. The molecule has 1 amide bonds. The summed E-state index contributed by atoms with van der Waals surface area (Å²) in [6.07, 6.45) is 1.44. The van der Waals surface area contributed by atoms with E-state index >= 15 is 0 Å². The minimum Gasteiger partial charge on any atom is -0.495 e. The first-order chi connectivity index (χ1) is 15.9. The molecule has 0 spiro atoms. The zero-order chi connectivity index (χ0) is 23.4. The highest BCUT2D eigenvalue weighted by Crippen LogP contribution is 2.31. The Morgan fingerprint density at radius 3 is 2.64 bits per heavy atom. The van der Waals surface area contributed by atoms with Gasteiger partial charge in [-0.15, -0.1) is 0 Å². The number of sulfonamides is 1. The van der Waals surface area contributed by atoms with Crippen LogP contribution >= 0.6 is 0 Å². The third-order valence-corrected chi connectivity index (χ3v) is 7.22. The normalized spacial score (nSPS) is 15.2. The zero-order valence-corrected chi connectivity index (χ0v) is 19.4. The van der Waals surface area contributed by atoms with E-state index in [4.69, 9.17) is 13.9 Å². The van der Waals surface area contributed by atoms with Crippen LogP contribution in [0, 0.1) is 0 Å². The number of nitrogens with zero attached hydrogens (tertiary/aromatic N) is 2. The van der Waals surface area contributed by atoms with Gasteiger partial charge in [-0.25, -0.2) is 18.1 Å². The van der Waals surface area contributed by atoms with E-state index in [1.165, 1.54) is 26.4 Å². The highest BCUT2D eigenvalue weighted by molar-refractivity contribution is 7.89. The number of rotatable bonds is 8. The molecule has 1 N–H and O–H groups in total. The number of methoxy groups -OCH3 is 2. The van der Waals surface area contributed by atoms with Crippen LogP contribution in [0.3, 0.4) is 0 Å². The van der Waals surface area contributed by atoms with Crippen LogP contribution in [-0.2, 0) is 14.8 Å². The van der Waals surface area contributed by atoms with E-state index in [2.05, 4.69) is 9.71 Å². The van der Waals surface area contributed by atoms with Crippen molar-refractivity contribution in [3.8, 4) is 5.75 Å². The van der Waals surface area contributed by atoms with Crippen LogP contribution in [0.25, 0.3) is 11.1 Å². The summed E-state index contributed by atoms with van der Waals surface area (Å²) < 4.78 is 43.9. The van der Waals surface area contributed by atoms with Crippen LogP contribution in [0.2, 0.25) is 0 Å². The summed E-state index contributed by atoms with van der Waals surface area (Å²) in [5, 5.41) is 0. The van der Waals surface area contributed by atoms with Crippen molar-refractivity contribution >= 4 is 27.0 Å². The average molecular weight is 474 g/mol. The number of amides is 1. The van der Waals surface area contributed by atoms with Gasteiger partial charge in [-0.1, -0.05) is 12.1 Å². The van der Waals surface area contributed by atoms with Crippen molar-refractivity contribution in [1.29, 1.82) is 0 Å². The number of nitrogens with one attached hydrogen (secondary N) is 1. The number of carbonyl (C=O) groups is 1. The standard InChI is InChI=1S/C23H27N3O6S/c1-30-14-11-24-33(28,29)21-15-17(7-8-20(21)31-2)23(27)26-12-9-16(10-13-26)22-25-18-5-3-4-6-19(18)32-22/h3-8,15-16,24H,9-14H2,1-2H3. The molecule has 1 fully saturated rings. The third-order valence-electron chi connectivity index (χ3n) is 5.74. The predicted molar refractivity (Wildman–Crippen MR) is 122 cm³/mol. The van der Waals surface area contributed by atoms with E-state index in [-0.39, 0.29) is 35.6 Å². The Hall–Kier alpha value is -2.95. The van der Waals surface area contributed by atoms with Crippen LogP contribution in [0.4, 0.5) is 0 Å². The Morgan fingerprint density at radius 1 is 1.18 bits per heavy atom. The van der Waals surface area contributed by atoms with E-state index in [0.29, 0.717) is 24.5 Å². The molecule has 1 aromatic heterocycles. The molecule has 2 aromatic carbocycles. The fourth-order valence-corrected chi connectivity index (χ4v) is 5.16. The predicted octanol–water partition coefficient (Wildman–Crippen LogP) is 2.78. The number of aromatic nitrogens is 1. The largest absolute Gasteiger partial charge is 0.495 e. The molecule has 0 aliphatic carbocycles. The van der Waals surface area contributed by atoms with E-state index < -0.39 is 10.0 Å². The van der Waals surface area contributed by atoms with Gasteiger partial charge in [-0.3, -0.25) is 4.79 Å². The Morgan fingerprint density at radius 2 is 1.94 bits per heavy atom. The maximum absolute atomic E-state index is 13.1. The number of ether oxygens (including phenoxy) is 2. The fourth-order valence-electron chi connectivity index (χ4n) is 3.95. The van der Waals surface area contributed by atoms with Crippen LogP contribution in [-0.4, -0.2) is 64.7 Å². The number of carbonyl (C=O) groups excluding carboxylic acids is 1. The Balaban J connectivity index is 1.47. The van der Waals surface area contributed by atoms with Gasteiger partial charge in [0.15, 0.2) is 11.5 Å². The smallest absolute Gasteiger partial charge is 0.253 e. The zero-order valence-electron chi connectivity index (χ0n) is 18.6. The van der Waals surface area contributed by atoms with E-state index in [0.717, 1.165) is 23.9 Å². The summed E-state index contributed by atoms with van der Waals surface area (Å²) in [6, 6.07) is 12.1. The van der Waals surface area contributed by atoms with Gasteiger partial charge in [0.05, 0.1) is 13.7 Å². The second-order valence-electron chi connectivity index (χ2n) is 7.84. The lowest BCUT2D eigenvalue weighted by atomic mass is 9.96. The van der Waals surface area contributed by atoms with Crippen LogP contribution in [0.1, 0.15) is 35.0 Å². The molecule has 0 saturated carbocycles. The van der Waals surface area contributed by atoms with Crippen LogP contribution < -0.4 is 9.46 Å². The van der Waals surface area contributed by atoms with E-state index in [1.807, 2.05) is 24.3 Å². The highest BCUT2D eigenvalue weighted by Gasteiger charge is 2.29. The topological polar surface area (TPSA) is 111 Å². The third kappa shape index (κ3) is 5.02. The molecule has 0 atom stereocenters. The molecule has 2 heterocycles. The van der Waals surface area contributed by atoms with Crippen molar-refractivity contribution in [2.24, 2.45) is 0 Å². The monoisotopic (exact) mass is 473 g/mol. The first kappa shape index (κ1) is 23.2. The molecule has 1 aliphatic rings. The number of benzene rings is 2. The van der Waals surface area contributed by atoms with E-state index in [1.54, 1.807) is 11.0 Å². The lowest BCUT2D eigenvalue weighted by Gasteiger charge is -2.30. The highest BCUT2D eigenvalue weighted by atomic mass is 32.2. The molecule has 4 rings (SSSR count). The number of likely N-dealkylation sites (tertiary alicyclic amines) is 1. The number of piperidine rings is 1. The van der Waals surface area contributed by atoms with Gasteiger partial charge < -0.3 is 18.8 Å². The molecule has 1 aliphatic heterocycles. The van der Waals surface area contributed by atoms with Crippen molar-refractivity contribution in [2.45, 2.75) is 23.7 Å². The van der Waals surface area contributed by atoms with Crippen LogP contribution in [0.15, 0.2) is 51.8 Å². The van der Waals surface area contributed by atoms with Crippen LogP contribution in [0.5, 0.6) is 5.75 Å². The Labute approximate surface area is 192 Å². The average Bonchev–Trinajstić information content (AvgIpc) is 3.28. The molecule has 3 aromatic rings. The molecular formula is C23H27N3O6S. The molecule has 10 heteroatoms. The summed E-state index contributed by atoms with van der Waals surface area (Å²) in [6.45, 7) is 1.41. The summed E-state index contributed by atoms with van der Waals surface area (Å²) in [7, 11) is -0.988. The molecule has 0 unspecified atom stereocenters. The Kier molecular flexibility index (Phi) is 6.96. The number of oxazole rings is 1. The van der Waals surface area contributed by atoms with Gasteiger partial charge in [0.25, 0.3) is 5.91 Å². The van der Waals surface area contributed by atoms with Crippen molar-refractivity contribution in [3.05, 3.63) is 53.9 Å². The van der Waals surface area contributed by atoms with Gasteiger partial charge >= 0.3 is 0 Å². The molecule has 9 nitrogen and oxygen atoms in total. The number of hydrogen-bond donors (Lipinski definition) is 1. The van der Waals surface area contributed by atoms with Crippen molar-refractivity contribution in [2.75, 3.05) is 40.5 Å². The summed E-state index contributed by atoms with van der Waals surface area (Å²) >= 11 is 0. The lowest BCUT2D eigenvalue weighted by Crippen LogP contribution is -2.38. The van der Waals surface area contributed by atoms with E-state index in [9.17, 15) is 13.2 Å². The molecular weight excluding hydrogens is 446 g/mol. The molecule has 33 heavy (non-hydrogen) atoms. The summed E-state index contributed by atoms with van der Waals surface area (Å²) in [4.78, 5) is 19.4. The summed E-state index contributed by atoms with van der Waals surface area (Å²) in [5.41, 5.74) is 1.89. The van der Waals surface area contributed by atoms with Crippen molar-refractivity contribution in [1.82, 2.24) is 14.6 Å². The Bertz CT molecular complexity index is 1200. The van der Waals surface area contributed by atoms with Crippen molar-refractivity contribution < 1.29 is 27.1 Å². The second kappa shape index (κ2) is 9.90. The number of para-hydroxylation sites is 2. The van der Waals surface area contributed by atoms with Gasteiger partial charge in [0, 0.05) is 38.2 Å². The molecule has 0 radical (unpaired) electrons. The number of hydrogen-bond acceptors (Lipinski definition) is 7. The van der Waals surface area contributed by atoms with Gasteiger partial charge in [-0.05, 0) is 43.2 Å². The molecule has 0 bridgehead atoms. The summed E-state index contributed by atoms with van der Waals surface area (Å²) in [5.74, 6) is 0.787.